The number of hydrogen-bond acceptors (Lipinski definition) is 5. The Labute approximate surface area is 203 Å². The zero-order valence-electron chi connectivity index (χ0n) is 19.0. The predicted octanol–water partition coefficient (Wildman–Crippen LogP) is 5.29. The van der Waals surface area contributed by atoms with Crippen LogP contribution in [0.4, 0.5) is 5.13 Å². The quantitative estimate of drug-likeness (QED) is 0.511. The molecular weight excluding hydrogens is 444 g/mol. The Kier molecular flexibility index (Phi) is 5.44. The highest BCUT2D eigenvalue weighted by Gasteiger charge is 2.54. The zero-order valence-corrected chi connectivity index (χ0v) is 19.8. The average molecular weight is 473 g/mol. The second-order valence-corrected chi connectivity index (χ2v) is 11.2. The first-order valence-corrected chi connectivity index (χ1v) is 13.0. The van der Waals surface area contributed by atoms with E-state index in [4.69, 9.17) is 0 Å². The summed E-state index contributed by atoms with van der Waals surface area (Å²) in [4.78, 5) is 34.4. The fraction of sp³-hybridized carbons (Fsp3) is 0.407. The summed E-state index contributed by atoms with van der Waals surface area (Å²) < 4.78 is 0. The SMILES string of the molecule is O=C(Nc1nc(-c2cccnc2)cs1)c1ccc(CNC(=O)C23CC4CC(CC(C4)C2)C3)cc1. The van der Waals surface area contributed by atoms with E-state index in [1.807, 2.05) is 29.6 Å². The summed E-state index contributed by atoms with van der Waals surface area (Å²) in [6, 6.07) is 11.2. The highest BCUT2D eigenvalue weighted by molar-refractivity contribution is 7.14. The van der Waals surface area contributed by atoms with Crippen LogP contribution in [0.2, 0.25) is 0 Å². The van der Waals surface area contributed by atoms with E-state index in [2.05, 4.69) is 20.6 Å². The second kappa shape index (κ2) is 8.62. The second-order valence-electron chi connectivity index (χ2n) is 10.3. The third kappa shape index (κ3) is 4.13. The standard InChI is InChI=1S/C27H28N4O2S/c32-24(31-26-30-23(16-34-26)22-2-1-7-28-15-22)21-5-3-17(4-6-21)14-29-25(33)27-11-18-8-19(12-27)10-20(9-18)13-27/h1-7,15-16,18-20H,8-14H2,(H,29,33)(H,30,31,32). The minimum Gasteiger partial charge on any atom is -0.352 e. The van der Waals surface area contributed by atoms with E-state index in [0.717, 1.165) is 53.8 Å². The number of rotatable bonds is 6. The van der Waals surface area contributed by atoms with Gasteiger partial charge in [-0.2, -0.15) is 0 Å². The highest BCUT2D eigenvalue weighted by Crippen LogP contribution is 2.60. The number of anilines is 1. The fourth-order valence-corrected chi connectivity index (χ4v) is 7.39. The molecule has 0 aliphatic heterocycles. The maximum atomic E-state index is 13.2. The molecule has 4 aliphatic carbocycles. The predicted molar refractivity (Wildman–Crippen MR) is 132 cm³/mol. The number of benzene rings is 1. The van der Waals surface area contributed by atoms with Crippen molar-refractivity contribution < 1.29 is 9.59 Å². The molecule has 0 spiro atoms. The summed E-state index contributed by atoms with van der Waals surface area (Å²) in [5.41, 5.74) is 3.14. The van der Waals surface area contributed by atoms with E-state index in [-0.39, 0.29) is 17.2 Å². The first-order chi connectivity index (χ1) is 16.6. The average Bonchev–Trinajstić information content (AvgIpc) is 3.31. The molecular formula is C27H28N4O2S. The minimum absolute atomic E-state index is 0.128. The molecule has 34 heavy (non-hydrogen) atoms. The van der Waals surface area contributed by atoms with Crippen molar-refractivity contribution in [2.24, 2.45) is 23.2 Å². The molecule has 7 rings (SSSR count). The Morgan fingerprint density at radius 2 is 1.71 bits per heavy atom. The van der Waals surface area contributed by atoms with Crippen molar-refractivity contribution >= 4 is 28.3 Å². The Morgan fingerprint density at radius 3 is 2.35 bits per heavy atom. The maximum absolute atomic E-state index is 13.2. The highest BCUT2D eigenvalue weighted by atomic mass is 32.1. The van der Waals surface area contributed by atoms with E-state index in [9.17, 15) is 9.59 Å². The van der Waals surface area contributed by atoms with Gasteiger partial charge in [-0.05, 0) is 86.1 Å². The van der Waals surface area contributed by atoms with Crippen LogP contribution >= 0.6 is 11.3 Å². The maximum Gasteiger partial charge on any atom is 0.257 e. The molecule has 0 atom stereocenters. The summed E-state index contributed by atoms with van der Waals surface area (Å²) in [5.74, 6) is 2.31. The van der Waals surface area contributed by atoms with Crippen molar-refractivity contribution in [3.05, 3.63) is 65.3 Å². The first-order valence-electron chi connectivity index (χ1n) is 12.1. The van der Waals surface area contributed by atoms with Gasteiger partial charge in [0, 0.05) is 40.9 Å². The molecule has 4 saturated carbocycles. The molecule has 3 aromatic rings. The van der Waals surface area contributed by atoms with Crippen LogP contribution in [0, 0.1) is 23.2 Å². The van der Waals surface area contributed by atoms with Gasteiger partial charge in [0.15, 0.2) is 5.13 Å². The summed E-state index contributed by atoms with van der Waals surface area (Å²) in [5, 5.41) is 8.54. The normalized spacial score (nSPS) is 26.9. The van der Waals surface area contributed by atoms with Crippen LogP contribution in [0.25, 0.3) is 11.3 Å². The van der Waals surface area contributed by atoms with Crippen molar-refractivity contribution in [2.45, 2.75) is 45.1 Å². The lowest BCUT2D eigenvalue weighted by molar-refractivity contribution is -0.146. The lowest BCUT2D eigenvalue weighted by Gasteiger charge is -2.55. The van der Waals surface area contributed by atoms with Crippen LogP contribution in [0.15, 0.2) is 54.2 Å². The fourth-order valence-electron chi connectivity index (χ4n) is 6.68. The number of pyridine rings is 1. The molecule has 4 aliphatic rings. The number of carbonyl (C=O) groups is 2. The number of hydrogen-bond donors (Lipinski definition) is 2. The van der Waals surface area contributed by atoms with Crippen molar-refractivity contribution in [1.82, 2.24) is 15.3 Å². The largest absolute Gasteiger partial charge is 0.352 e. The van der Waals surface area contributed by atoms with E-state index >= 15 is 0 Å². The summed E-state index contributed by atoms with van der Waals surface area (Å²) in [7, 11) is 0. The van der Waals surface area contributed by atoms with E-state index in [0.29, 0.717) is 17.2 Å². The summed E-state index contributed by atoms with van der Waals surface area (Å²) >= 11 is 1.39. The number of nitrogens with one attached hydrogen (secondary N) is 2. The van der Waals surface area contributed by atoms with Crippen LogP contribution in [0.1, 0.15) is 54.4 Å². The van der Waals surface area contributed by atoms with E-state index < -0.39 is 0 Å². The Bertz CT molecular complexity index is 1170. The Hall–Kier alpha value is -3.06. The van der Waals surface area contributed by atoms with Gasteiger partial charge in [0.05, 0.1) is 5.69 Å². The van der Waals surface area contributed by atoms with Gasteiger partial charge in [0.25, 0.3) is 5.91 Å². The molecule has 4 bridgehead atoms. The molecule has 1 aromatic carbocycles. The zero-order chi connectivity index (χ0) is 23.1. The van der Waals surface area contributed by atoms with Crippen LogP contribution in [0.3, 0.4) is 0 Å². The summed E-state index contributed by atoms with van der Waals surface area (Å²) in [6.45, 7) is 0.503. The smallest absolute Gasteiger partial charge is 0.257 e. The number of amides is 2. The molecule has 174 valence electrons. The number of aromatic nitrogens is 2. The van der Waals surface area contributed by atoms with E-state index in [1.165, 1.54) is 30.6 Å². The third-order valence-corrected chi connectivity index (χ3v) is 8.63. The molecule has 2 amide bonds. The number of thiazole rings is 1. The molecule has 0 unspecified atom stereocenters. The van der Waals surface area contributed by atoms with Gasteiger partial charge in [0.1, 0.15) is 0 Å². The number of nitrogens with zero attached hydrogens (tertiary/aromatic N) is 2. The van der Waals surface area contributed by atoms with Gasteiger partial charge in [0.2, 0.25) is 5.91 Å². The van der Waals surface area contributed by atoms with Gasteiger partial charge >= 0.3 is 0 Å². The third-order valence-electron chi connectivity index (χ3n) is 7.87. The van der Waals surface area contributed by atoms with Gasteiger partial charge in [-0.15, -0.1) is 11.3 Å². The van der Waals surface area contributed by atoms with Gasteiger partial charge in [-0.3, -0.25) is 19.9 Å². The monoisotopic (exact) mass is 472 g/mol. The van der Waals surface area contributed by atoms with Crippen LogP contribution in [-0.4, -0.2) is 21.8 Å². The van der Waals surface area contributed by atoms with Crippen molar-refractivity contribution in [3.63, 3.8) is 0 Å². The molecule has 7 heteroatoms. The minimum atomic E-state index is -0.198. The molecule has 2 N–H and O–H groups in total. The van der Waals surface area contributed by atoms with Crippen molar-refractivity contribution in [2.75, 3.05) is 5.32 Å². The molecule has 2 heterocycles. The molecule has 0 radical (unpaired) electrons. The Morgan fingerprint density at radius 1 is 1.00 bits per heavy atom. The topological polar surface area (TPSA) is 84.0 Å². The van der Waals surface area contributed by atoms with Crippen molar-refractivity contribution in [1.29, 1.82) is 0 Å². The van der Waals surface area contributed by atoms with E-state index in [1.54, 1.807) is 24.5 Å². The molecule has 2 aromatic heterocycles. The van der Waals surface area contributed by atoms with Crippen LogP contribution in [-0.2, 0) is 11.3 Å². The molecule has 0 saturated heterocycles. The van der Waals surface area contributed by atoms with Gasteiger partial charge in [-0.1, -0.05) is 12.1 Å². The molecule has 6 nitrogen and oxygen atoms in total. The lowest BCUT2D eigenvalue weighted by atomic mass is 9.49. The van der Waals surface area contributed by atoms with Crippen molar-refractivity contribution in [3.8, 4) is 11.3 Å². The lowest BCUT2D eigenvalue weighted by Crippen LogP contribution is -2.53. The summed E-state index contributed by atoms with van der Waals surface area (Å²) in [6.07, 6.45) is 10.7. The van der Waals surface area contributed by atoms with Gasteiger partial charge < -0.3 is 5.32 Å². The number of carbonyl (C=O) groups excluding carboxylic acids is 2. The Balaban J connectivity index is 1.05. The van der Waals surface area contributed by atoms with Crippen LogP contribution in [0.5, 0.6) is 0 Å². The van der Waals surface area contributed by atoms with Gasteiger partial charge in [-0.25, -0.2) is 4.98 Å². The van der Waals surface area contributed by atoms with Crippen LogP contribution < -0.4 is 10.6 Å². The molecule has 4 fully saturated rings. The first kappa shape index (κ1) is 21.5.